The summed E-state index contributed by atoms with van der Waals surface area (Å²) >= 11 is -2.86. The second-order valence-electron chi connectivity index (χ2n) is 18.0. The summed E-state index contributed by atoms with van der Waals surface area (Å²) < 4.78 is 186. The summed E-state index contributed by atoms with van der Waals surface area (Å²) in [6.45, 7) is 4.95. The fourth-order valence-corrected chi connectivity index (χ4v) is 10.9. The van der Waals surface area contributed by atoms with Crippen molar-refractivity contribution in [2.24, 2.45) is 0 Å². The van der Waals surface area contributed by atoms with Crippen molar-refractivity contribution in [3.63, 3.8) is 0 Å². The van der Waals surface area contributed by atoms with Gasteiger partial charge in [0, 0.05) is 66.8 Å². The molecular formula is C52H43N6O23S6-. The van der Waals surface area contributed by atoms with Gasteiger partial charge in [0.05, 0.1) is 26.8 Å². The smallest absolute Gasteiger partial charge is 0.425 e. The highest BCUT2D eigenvalue weighted by molar-refractivity contribution is 7.87. The average molecular weight is 1310 g/mol. The summed E-state index contributed by atoms with van der Waals surface area (Å²) in [6.07, 6.45) is 0. The van der Waals surface area contributed by atoms with Gasteiger partial charge in [-0.2, -0.15) is 33.7 Å². The predicted octanol–water partition coefficient (Wildman–Crippen LogP) is 6.89. The van der Waals surface area contributed by atoms with Crippen molar-refractivity contribution in [1.82, 2.24) is 0 Å². The standard InChI is InChI=1S/C52H42N6O17S4.H2O3S.O3S/c1-27-13-15-33(50(61)55-40-12-6-7-30-22-37(76(64,65)66)19-29(3)46(30)40)23-42(27)57-48(59)31-8-4-10-35(20-31)53-52(63)54-36-11-5-9-32(21-36)49(60)58-43-24-34(16-14-28(43)2)51(62)56-41-17-18-44(78(70,71)72)39-25-38(77(67,68)69)26-45(47(39)41)79(73,74)75;2*1-4(2)3/h4-26H,1-3H3,(H,55,61)(H,56,62)(H,57,59)(H,58,60)(H2,53,54,63)(H,64,65,66)(H,67,68,69)(H,70,71,72)(H,73,74,75);(H2,1,2,3);/p-1. The van der Waals surface area contributed by atoms with Crippen LogP contribution in [0, 0.1) is 20.8 Å². The second-order valence-corrected chi connectivity index (χ2v) is 24.5. The predicted molar refractivity (Wildman–Crippen MR) is 313 cm³/mol. The molecule has 6 amide bonds. The lowest BCUT2D eigenvalue weighted by molar-refractivity contribution is 0.101. The maximum atomic E-state index is 13.7. The second kappa shape index (κ2) is 27.0. The molecule has 0 aliphatic carbocycles. The minimum absolute atomic E-state index is 0.0375. The Morgan fingerprint density at radius 1 is 0.402 bits per heavy atom. The first-order chi connectivity index (χ1) is 40.4. The third kappa shape index (κ3) is 17.7. The number of hydrogen-bond acceptors (Lipinski definition) is 18. The molecule has 0 spiro atoms. The Morgan fingerprint density at radius 2 is 0.793 bits per heavy atom. The first kappa shape index (κ1) is 66.9. The molecule has 0 aliphatic heterocycles. The molecule has 29 nitrogen and oxygen atoms in total. The van der Waals surface area contributed by atoms with E-state index in [2.05, 4.69) is 31.9 Å². The summed E-state index contributed by atoms with van der Waals surface area (Å²) in [5.41, 5.74) is 2.39. The van der Waals surface area contributed by atoms with Gasteiger partial charge >= 0.3 is 16.6 Å². The van der Waals surface area contributed by atoms with Gasteiger partial charge in [0.25, 0.3) is 64.1 Å². The molecule has 1 unspecified atom stereocenters. The Bertz CT molecular complexity index is 4790. The maximum Gasteiger partial charge on any atom is 0.425 e. The number of carbonyl (C=O) groups excluding carboxylic acids is 5. The quantitative estimate of drug-likeness (QED) is 0.0390. The van der Waals surface area contributed by atoms with Crippen LogP contribution >= 0.6 is 0 Å². The van der Waals surface area contributed by atoms with Gasteiger partial charge in [-0.1, -0.05) is 36.4 Å². The molecule has 0 saturated carbocycles. The zero-order valence-electron chi connectivity index (χ0n) is 44.3. The van der Waals surface area contributed by atoms with E-state index in [0.717, 1.165) is 6.07 Å². The fraction of sp³-hybridized carbons (Fsp3) is 0.0577. The molecule has 0 saturated heterocycles. The van der Waals surface area contributed by atoms with Crippen LogP contribution in [0.2, 0.25) is 0 Å². The molecule has 0 radical (unpaired) electrons. The molecule has 0 aromatic heterocycles. The van der Waals surface area contributed by atoms with Gasteiger partial charge in [0.1, 0.15) is 9.79 Å². The number of rotatable bonds is 14. The van der Waals surface area contributed by atoms with Crippen LogP contribution in [-0.4, -0.2) is 107 Å². The Morgan fingerprint density at radius 3 is 1.22 bits per heavy atom. The van der Waals surface area contributed by atoms with E-state index < -0.39 is 123 Å². The Balaban J connectivity index is 0.00000142. The number of nitrogens with one attached hydrogen (secondary N) is 6. The van der Waals surface area contributed by atoms with Crippen LogP contribution < -0.4 is 31.9 Å². The van der Waals surface area contributed by atoms with E-state index >= 15 is 0 Å². The number of urea groups is 1. The molecule has 8 aromatic rings. The van der Waals surface area contributed by atoms with Gasteiger partial charge in [-0.25, -0.2) is 9.00 Å². The molecule has 8 aromatic carbocycles. The monoisotopic (exact) mass is 1310 g/mol. The first-order valence-electron chi connectivity index (χ1n) is 23.7. The third-order valence-corrected chi connectivity index (χ3v) is 15.5. The Labute approximate surface area is 497 Å². The van der Waals surface area contributed by atoms with Crippen LogP contribution in [0.15, 0.2) is 159 Å². The van der Waals surface area contributed by atoms with Crippen molar-refractivity contribution in [3.8, 4) is 0 Å². The number of hydrogen-bond donors (Lipinski definition) is 11. The van der Waals surface area contributed by atoms with Crippen LogP contribution in [0.4, 0.5) is 38.9 Å². The number of anilines is 6. The van der Waals surface area contributed by atoms with Crippen molar-refractivity contribution in [2.75, 3.05) is 31.9 Å². The molecule has 1 atom stereocenters. The number of fused-ring (bicyclic) bond motifs is 2. The van der Waals surface area contributed by atoms with Crippen LogP contribution in [0.3, 0.4) is 0 Å². The number of amides is 6. The SMILES string of the molecule is Cc1ccc(C(=O)Nc2cccc3cc(S(=O)(=O)O)cc(C)c23)cc1NC(=O)c1cccc(NC(=O)Nc2cccc(C(=O)Nc3cc(C(=O)Nc4ccc(S(=O)(=O)O)c5cc(S(=O)(=O)O)cc(S(=O)(=O)O)c45)ccc3C)c2)c1.O=S(=O)=O.O=S([O-])O. The Kier molecular flexibility index (Phi) is 20.8. The summed E-state index contributed by atoms with van der Waals surface area (Å²) in [5.74, 6) is -2.81. The minimum atomic E-state index is -5.42. The van der Waals surface area contributed by atoms with Crippen LogP contribution in [-0.2, 0) is 62.4 Å². The lowest BCUT2D eigenvalue weighted by Crippen LogP contribution is -2.21. The van der Waals surface area contributed by atoms with Gasteiger partial charge in [-0.05, 0) is 146 Å². The zero-order valence-corrected chi connectivity index (χ0v) is 49.2. The molecular weight excluding hydrogens is 1270 g/mol. The third-order valence-electron chi connectivity index (χ3n) is 12.1. The summed E-state index contributed by atoms with van der Waals surface area (Å²) in [4.78, 5) is 63.8. The van der Waals surface area contributed by atoms with E-state index in [1.54, 1.807) is 51.1 Å². The molecule has 11 N–H and O–H groups in total. The number of benzene rings is 8. The van der Waals surface area contributed by atoms with E-state index in [4.69, 9.17) is 25.9 Å². The Hall–Kier alpha value is -9.24. The van der Waals surface area contributed by atoms with E-state index in [1.807, 2.05) is 0 Å². The van der Waals surface area contributed by atoms with Gasteiger partial charge in [-0.15, -0.1) is 12.6 Å². The van der Waals surface area contributed by atoms with Crippen LogP contribution in [0.1, 0.15) is 58.1 Å². The average Bonchev–Trinajstić information content (AvgIpc) is 0.767. The minimum Gasteiger partial charge on any atom is -0.750 e. The van der Waals surface area contributed by atoms with E-state index in [1.165, 1.54) is 84.9 Å². The summed E-state index contributed by atoms with van der Waals surface area (Å²) in [6, 6.07) is 29.5. The molecule has 0 bridgehead atoms. The highest BCUT2D eigenvalue weighted by Crippen LogP contribution is 2.38. The van der Waals surface area contributed by atoms with Crippen molar-refractivity contribution >= 4 is 148 Å². The van der Waals surface area contributed by atoms with Crippen LogP contribution in [0.5, 0.6) is 0 Å². The molecule has 0 aliphatic rings. The van der Waals surface area contributed by atoms with Crippen molar-refractivity contribution in [2.45, 2.75) is 40.4 Å². The molecule has 8 rings (SSSR count). The fourth-order valence-electron chi connectivity index (χ4n) is 8.28. The van der Waals surface area contributed by atoms with Crippen LogP contribution in [0.25, 0.3) is 21.5 Å². The molecule has 0 heterocycles. The van der Waals surface area contributed by atoms with E-state index in [-0.39, 0.29) is 44.2 Å². The zero-order chi connectivity index (χ0) is 64.7. The van der Waals surface area contributed by atoms with Crippen molar-refractivity contribution < 1.29 is 102 Å². The molecule has 456 valence electrons. The van der Waals surface area contributed by atoms with Gasteiger partial charge in [-0.3, -0.25) is 37.4 Å². The van der Waals surface area contributed by atoms with Gasteiger partial charge in [0.15, 0.2) is 0 Å². The van der Waals surface area contributed by atoms with Crippen molar-refractivity contribution in [3.05, 3.63) is 178 Å². The largest absolute Gasteiger partial charge is 0.750 e. The number of aryl methyl sites for hydroxylation is 3. The first-order valence-corrected chi connectivity index (χ1v) is 31.5. The maximum absolute atomic E-state index is 13.7. The van der Waals surface area contributed by atoms with Gasteiger partial charge in [0.2, 0.25) is 0 Å². The lowest BCUT2D eigenvalue weighted by Gasteiger charge is -2.16. The highest BCUT2D eigenvalue weighted by Gasteiger charge is 2.28. The normalized spacial score (nSPS) is 11.8. The summed E-state index contributed by atoms with van der Waals surface area (Å²) in [5, 5.41) is 15.3. The van der Waals surface area contributed by atoms with E-state index in [0.29, 0.717) is 57.0 Å². The summed E-state index contributed by atoms with van der Waals surface area (Å²) in [7, 11) is -23.4. The van der Waals surface area contributed by atoms with E-state index in [9.17, 15) is 75.9 Å². The molecule has 87 heavy (non-hydrogen) atoms. The topological polar surface area (TPSA) is 487 Å². The molecule has 35 heteroatoms. The highest BCUT2D eigenvalue weighted by atomic mass is 32.2. The van der Waals surface area contributed by atoms with Crippen molar-refractivity contribution in [1.29, 1.82) is 0 Å². The molecule has 0 fully saturated rings. The number of carbonyl (C=O) groups is 5. The van der Waals surface area contributed by atoms with Gasteiger partial charge < -0.3 is 41.0 Å². The lowest BCUT2D eigenvalue weighted by atomic mass is 10.0.